The summed E-state index contributed by atoms with van der Waals surface area (Å²) in [4.78, 5) is 11.2. The number of aromatic amines is 1. The van der Waals surface area contributed by atoms with Crippen LogP contribution < -0.4 is 10.6 Å². The summed E-state index contributed by atoms with van der Waals surface area (Å²) in [5.74, 6) is 0. The maximum atomic E-state index is 11.8. The van der Waals surface area contributed by atoms with E-state index in [1.165, 1.54) is 0 Å². The molecular formula is C9H15FN4O. The molecule has 0 radical (unpaired) electrons. The zero-order chi connectivity index (χ0) is 11.3. The van der Waals surface area contributed by atoms with Crippen LogP contribution >= 0.6 is 0 Å². The summed E-state index contributed by atoms with van der Waals surface area (Å²) in [6, 6.07) is 1.26. The molecule has 2 amide bonds. The van der Waals surface area contributed by atoms with Gasteiger partial charge in [0, 0.05) is 12.2 Å². The van der Waals surface area contributed by atoms with Gasteiger partial charge >= 0.3 is 6.03 Å². The van der Waals surface area contributed by atoms with Gasteiger partial charge in [0.05, 0.1) is 11.7 Å². The van der Waals surface area contributed by atoms with Gasteiger partial charge in [-0.3, -0.25) is 5.10 Å². The second-order valence-corrected chi connectivity index (χ2v) is 3.29. The Hall–Kier alpha value is -1.59. The summed E-state index contributed by atoms with van der Waals surface area (Å²) in [7, 11) is 0. The minimum Gasteiger partial charge on any atom is -0.336 e. The molecule has 0 aliphatic rings. The summed E-state index contributed by atoms with van der Waals surface area (Å²) >= 11 is 0. The zero-order valence-corrected chi connectivity index (χ0v) is 8.80. The number of carbonyl (C=O) groups excluding carboxylic acids is 1. The number of alkyl halides is 1. The molecule has 0 spiro atoms. The average molecular weight is 214 g/mol. The normalized spacial score (nSPS) is 12.2. The molecule has 15 heavy (non-hydrogen) atoms. The molecule has 3 N–H and O–H groups in total. The highest BCUT2D eigenvalue weighted by atomic mass is 19.1. The first-order chi connectivity index (χ1) is 7.13. The van der Waals surface area contributed by atoms with E-state index in [1.54, 1.807) is 0 Å². The minimum absolute atomic E-state index is 0.0259. The van der Waals surface area contributed by atoms with Crippen molar-refractivity contribution in [3.8, 4) is 0 Å². The van der Waals surface area contributed by atoms with Crippen LogP contribution in [-0.2, 0) is 0 Å². The zero-order valence-electron chi connectivity index (χ0n) is 8.80. The number of H-pyrrole nitrogens is 1. The largest absolute Gasteiger partial charge is 0.336 e. The Kier molecular flexibility index (Phi) is 4.08. The first kappa shape index (κ1) is 11.5. The van der Waals surface area contributed by atoms with E-state index in [0.717, 1.165) is 11.4 Å². The fourth-order valence-corrected chi connectivity index (χ4v) is 1.14. The molecule has 0 bridgehead atoms. The van der Waals surface area contributed by atoms with Crippen molar-refractivity contribution in [1.82, 2.24) is 20.8 Å². The molecule has 5 nitrogen and oxygen atoms in total. The van der Waals surface area contributed by atoms with E-state index in [4.69, 9.17) is 0 Å². The molecule has 1 aromatic heterocycles. The maximum absolute atomic E-state index is 11.8. The van der Waals surface area contributed by atoms with Crippen LogP contribution in [0.5, 0.6) is 0 Å². The number of nitrogens with one attached hydrogen (secondary N) is 3. The number of amides is 2. The highest BCUT2D eigenvalue weighted by Gasteiger charge is 2.11. The van der Waals surface area contributed by atoms with Gasteiger partial charge in [0.15, 0.2) is 0 Å². The van der Waals surface area contributed by atoms with E-state index in [0.29, 0.717) is 0 Å². The van der Waals surface area contributed by atoms with E-state index in [9.17, 15) is 9.18 Å². The van der Waals surface area contributed by atoms with Crippen molar-refractivity contribution in [3.05, 3.63) is 17.5 Å². The molecule has 1 atom stereocenters. The topological polar surface area (TPSA) is 69.8 Å². The third-order valence-corrected chi connectivity index (χ3v) is 1.90. The number of hydrogen-bond acceptors (Lipinski definition) is 2. The monoisotopic (exact) mass is 214 g/mol. The summed E-state index contributed by atoms with van der Waals surface area (Å²) < 4.78 is 11.8. The van der Waals surface area contributed by atoms with E-state index >= 15 is 0 Å². The number of carbonyl (C=O) groups is 1. The Morgan fingerprint density at radius 3 is 3.00 bits per heavy atom. The van der Waals surface area contributed by atoms with Gasteiger partial charge in [-0.1, -0.05) is 0 Å². The van der Waals surface area contributed by atoms with Crippen LogP contribution in [0.3, 0.4) is 0 Å². The van der Waals surface area contributed by atoms with Gasteiger partial charge in [-0.15, -0.1) is 0 Å². The molecule has 1 aromatic rings. The predicted molar refractivity (Wildman–Crippen MR) is 54.2 cm³/mol. The predicted octanol–water partition coefficient (Wildman–Crippen LogP) is 1.05. The van der Waals surface area contributed by atoms with Crippen molar-refractivity contribution in [2.24, 2.45) is 0 Å². The molecule has 1 heterocycles. The molecule has 1 unspecified atom stereocenters. The van der Waals surface area contributed by atoms with Gasteiger partial charge in [-0.25, -0.2) is 9.18 Å². The van der Waals surface area contributed by atoms with E-state index in [-0.39, 0.29) is 18.6 Å². The number of aromatic nitrogens is 2. The standard InChI is InChI=1S/C9H15FN4O/c1-6-5-8(14-13-6)7(2)12-9(15)11-4-3-10/h5,7H,3-4H2,1-2H3,(H,13,14)(H2,11,12,15). The summed E-state index contributed by atoms with van der Waals surface area (Å²) in [6.07, 6.45) is 0. The Labute approximate surface area is 87.4 Å². The van der Waals surface area contributed by atoms with Crippen molar-refractivity contribution in [2.45, 2.75) is 19.9 Å². The summed E-state index contributed by atoms with van der Waals surface area (Å²) in [5.41, 5.74) is 1.69. The number of nitrogens with zero attached hydrogens (tertiary/aromatic N) is 1. The van der Waals surface area contributed by atoms with Gasteiger partial charge in [0.2, 0.25) is 0 Å². The lowest BCUT2D eigenvalue weighted by Gasteiger charge is -2.11. The summed E-state index contributed by atoms with van der Waals surface area (Å²) in [6.45, 7) is 3.15. The molecule has 0 aliphatic carbocycles. The second-order valence-electron chi connectivity index (χ2n) is 3.29. The Morgan fingerprint density at radius 1 is 1.73 bits per heavy atom. The molecule has 0 saturated heterocycles. The van der Waals surface area contributed by atoms with Crippen LogP contribution in [0.25, 0.3) is 0 Å². The first-order valence-electron chi connectivity index (χ1n) is 4.75. The van der Waals surface area contributed by atoms with Gasteiger partial charge in [-0.2, -0.15) is 5.10 Å². The molecule has 0 aromatic carbocycles. The molecule has 0 saturated carbocycles. The lowest BCUT2D eigenvalue weighted by molar-refractivity contribution is 0.236. The van der Waals surface area contributed by atoms with Gasteiger partial charge < -0.3 is 10.6 Å². The average Bonchev–Trinajstić information content (AvgIpc) is 2.61. The van der Waals surface area contributed by atoms with Crippen molar-refractivity contribution in [3.63, 3.8) is 0 Å². The highest BCUT2D eigenvalue weighted by molar-refractivity contribution is 5.74. The smallest absolute Gasteiger partial charge is 0.315 e. The van der Waals surface area contributed by atoms with Crippen LogP contribution in [0.15, 0.2) is 6.07 Å². The quantitative estimate of drug-likeness (QED) is 0.701. The summed E-state index contributed by atoms with van der Waals surface area (Å²) in [5, 5.41) is 11.8. The number of halogens is 1. The fourth-order valence-electron chi connectivity index (χ4n) is 1.14. The van der Waals surface area contributed by atoms with Gasteiger partial charge in [0.25, 0.3) is 0 Å². The van der Waals surface area contributed by atoms with Gasteiger partial charge in [-0.05, 0) is 19.9 Å². The number of rotatable bonds is 4. The fraction of sp³-hybridized carbons (Fsp3) is 0.556. The molecule has 0 aliphatic heterocycles. The Balaban J connectivity index is 2.41. The lowest BCUT2D eigenvalue weighted by Crippen LogP contribution is -2.38. The van der Waals surface area contributed by atoms with Crippen LogP contribution in [0.4, 0.5) is 9.18 Å². The van der Waals surface area contributed by atoms with Gasteiger partial charge in [0.1, 0.15) is 6.67 Å². The van der Waals surface area contributed by atoms with Crippen molar-refractivity contribution >= 4 is 6.03 Å². The Bertz CT molecular complexity index is 326. The minimum atomic E-state index is -0.566. The Morgan fingerprint density at radius 2 is 2.47 bits per heavy atom. The van der Waals surface area contributed by atoms with E-state index in [1.807, 2.05) is 19.9 Å². The maximum Gasteiger partial charge on any atom is 0.315 e. The second kappa shape index (κ2) is 5.33. The van der Waals surface area contributed by atoms with E-state index in [2.05, 4.69) is 20.8 Å². The van der Waals surface area contributed by atoms with Crippen LogP contribution in [0.1, 0.15) is 24.4 Å². The molecule has 1 rings (SSSR count). The van der Waals surface area contributed by atoms with Crippen molar-refractivity contribution in [1.29, 1.82) is 0 Å². The van der Waals surface area contributed by atoms with E-state index < -0.39 is 6.67 Å². The molecule has 6 heteroatoms. The highest BCUT2D eigenvalue weighted by Crippen LogP contribution is 2.09. The number of urea groups is 1. The van der Waals surface area contributed by atoms with Crippen molar-refractivity contribution < 1.29 is 9.18 Å². The third kappa shape index (κ3) is 3.57. The SMILES string of the molecule is Cc1cc(C(C)NC(=O)NCCF)n[nH]1. The number of aryl methyl sites for hydroxylation is 1. The molecule has 0 fully saturated rings. The van der Waals surface area contributed by atoms with Crippen molar-refractivity contribution in [2.75, 3.05) is 13.2 Å². The lowest BCUT2D eigenvalue weighted by atomic mass is 10.2. The van der Waals surface area contributed by atoms with Crippen LogP contribution in [0.2, 0.25) is 0 Å². The van der Waals surface area contributed by atoms with Crippen LogP contribution in [0, 0.1) is 6.92 Å². The first-order valence-corrected chi connectivity index (χ1v) is 4.75. The van der Waals surface area contributed by atoms with Crippen LogP contribution in [-0.4, -0.2) is 29.4 Å². The third-order valence-electron chi connectivity index (χ3n) is 1.90. The molecule has 84 valence electrons. The molecular weight excluding hydrogens is 199 g/mol. The number of hydrogen-bond donors (Lipinski definition) is 3.